The van der Waals surface area contributed by atoms with Gasteiger partial charge in [0.2, 0.25) is 5.88 Å². The Balaban J connectivity index is 2.70. The molecule has 0 radical (unpaired) electrons. The number of ether oxygens (including phenoxy) is 2. The minimum atomic E-state index is -0.457. The molecule has 0 fully saturated rings. The van der Waals surface area contributed by atoms with E-state index in [0.29, 0.717) is 18.1 Å². The highest BCUT2D eigenvalue weighted by Crippen LogP contribution is 2.17. The summed E-state index contributed by atoms with van der Waals surface area (Å²) < 4.78 is 22.7. The van der Waals surface area contributed by atoms with E-state index in [1.807, 2.05) is 0 Å². The van der Waals surface area contributed by atoms with Gasteiger partial charge in [-0.25, -0.2) is 9.37 Å². The molecule has 0 saturated heterocycles. The average molecular weight is 239 g/mol. The fourth-order valence-electron chi connectivity index (χ4n) is 1.23. The van der Waals surface area contributed by atoms with E-state index in [-0.39, 0.29) is 12.4 Å². The first-order valence-electron chi connectivity index (χ1n) is 5.19. The lowest BCUT2D eigenvalue weighted by atomic mass is 10.2. The molecule has 1 aromatic rings. The number of aromatic nitrogens is 1. The molecule has 0 aliphatic rings. The number of halogens is 1. The summed E-state index contributed by atoms with van der Waals surface area (Å²) in [4.78, 5) is 14.8. The highest BCUT2D eigenvalue weighted by Gasteiger charge is 2.03. The largest absolute Gasteiger partial charge is 0.481 e. The van der Waals surface area contributed by atoms with Gasteiger partial charge in [0.05, 0.1) is 26.3 Å². The Kier molecular flexibility index (Phi) is 5.13. The summed E-state index contributed by atoms with van der Waals surface area (Å²) >= 11 is 0. The van der Waals surface area contributed by atoms with Gasteiger partial charge in [-0.3, -0.25) is 4.79 Å². The fraction of sp³-hybridized carbons (Fsp3) is 0.333. The number of rotatable bonds is 5. The van der Waals surface area contributed by atoms with Gasteiger partial charge in [-0.15, -0.1) is 0 Å². The third kappa shape index (κ3) is 4.22. The molecule has 0 amide bonds. The van der Waals surface area contributed by atoms with Gasteiger partial charge >= 0.3 is 5.97 Å². The van der Waals surface area contributed by atoms with Gasteiger partial charge in [0.25, 0.3) is 0 Å². The summed E-state index contributed by atoms with van der Waals surface area (Å²) in [5.41, 5.74) is 0.483. The SMILES string of the molecule is CCOC(=O)CC=Cc1cc(F)cnc1OC. The third-order valence-corrected chi connectivity index (χ3v) is 1.93. The smallest absolute Gasteiger partial charge is 0.309 e. The van der Waals surface area contributed by atoms with Crippen LogP contribution in [0.15, 0.2) is 18.3 Å². The molecule has 92 valence electrons. The van der Waals surface area contributed by atoms with Crippen LogP contribution in [0.5, 0.6) is 5.88 Å². The van der Waals surface area contributed by atoms with E-state index in [0.717, 1.165) is 6.20 Å². The second kappa shape index (κ2) is 6.62. The van der Waals surface area contributed by atoms with Crippen molar-refractivity contribution in [1.29, 1.82) is 0 Å². The van der Waals surface area contributed by atoms with Crippen molar-refractivity contribution in [3.05, 3.63) is 29.7 Å². The molecule has 0 spiro atoms. The number of pyridine rings is 1. The molecule has 1 rings (SSSR count). The van der Waals surface area contributed by atoms with Crippen LogP contribution in [0.1, 0.15) is 18.9 Å². The number of hydrogen-bond donors (Lipinski definition) is 0. The molecule has 1 aromatic heterocycles. The third-order valence-electron chi connectivity index (χ3n) is 1.93. The zero-order valence-corrected chi connectivity index (χ0v) is 9.77. The van der Waals surface area contributed by atoms with Crippen LogP contribution in [0, 0.1) is 5.82 Å². The monoisotopic (exact) mass is 239 g/mol. The van der Waals surface area contributed by atoms with Gasteiger partial charge in [-0.05, 0) is 13.0 Å². The van der Waals surface area contributed by atoms with E-state index >= 15 is 0 Å². The van der Waals surface area contributed by atoms with E-state index < -0.39 is 5.82 Å². The molecule has 0 aliphatic heterocycles. The van der Waals surface area contributed by atoms with Crippen LogP contribution in [-0.2, 0) is 9.53 Å². The Bertz CT molecular complexity index is 418. The quantitative estimate of drug-likeness (QED) is 0.739. The van der Waals surface area contributed by atoms with Crippen molar-refractivity contribution in [1.82, 2.24) is 4.98 Å². The minimum Gasteiger partial charge on any atom is -0.481 e. The van der Waals surface area contributed by atoms with Crippen LogP contribution in [0.25, 0.3) is 6.08 Å². The van der Waals surface area contributed by atoms with Crippen LogP contribution in [0.2, 0.25) is 0 Å². The number of esters is 1. The van der Waals surface area contributed by atoms with E-state index in [1.54, 1.807) is 19.1 Å². The van der Waals surface area contributed by atoms with Gasteiger partial charge in [-0.1, -0.05) is 12.2 Å². The Morgan fingerprint density at radius 3 is 3.00 bits per heavy atom. The molecule has 0 saturated carbocycles. The van der Waals surface area contributed by atoms with Crippen LogP contribution in [-0.4, -0.2) is 24.7 Å². The summed E-state index contributed by atoms with van der Waals surface area (Å²) in [6.07, 6.45) is 4.36. The van der Waals surface area contributed by atoms with Gasteiger partial charge in [0.15, 0.2) is 0 Å². The number of carbonyl (C=O) groups is 1. The van der Waals surface area contributed by atoms with Crippen molar-refractivity contribution in [3.63, 3.8) is 0 Å². The highest BCUT2D eigenvalue weighted by atomic mass is 19.1. The van der Waals surface area contributed by atoms with Crippen molar-refractivity contribution in [2.75, 3.05) is 13.7 Å². The molecule has 0 aromatic carbocycles. The molecule has 4 nitrogen and oxygen atoms in total. The Morgan fingerprint density at radius 1 is 1.59 bits per heavy atom. The van der Waals surface area contributed by atoms with Crippen molar-refractivity contribution in [2.45, 2.75) is 13.3 Å². The van der Waals surface area contributed by atoms with Crippen LogP contribution < -0.4 is 4.74 Å². The average Bonchev–Trinajstić information content (AvgIpc) is 2.30. The first-order valence-corrected chi connectivity index (χ1v) is 5.19. The van der Waals surface area contributed by atoms with Crippen molar-refractivity contribution < 1.29 is 18.7 Å². The second-order valence-corrected chi connectivity index (χ2v) is 3.16. The standard InChI is InChI=1S/C12H14FNO3/c1-3-17-11(15)6-4-5-9-7-10(13)8-14-12(9)16-2/h4-5,7-8H,3,6H2,1-2H3. The van der Waals surface area contributed by atoms with Gasteiger partial charge in [0.1, 0.15) is 5.82 Å². The minimum absolute atomic E-state index is 0.132. The molecule has 0 aliphatic carbocycles. The lowest BCUT2D eigenvalue weighted by Crippen LogP contribution is -2.01. The van der Waals surface area contributed by atoms with Crippen molar-refractivity contribution in [3.8, 4) is 5.88 Å². The molecule has 1 heterocycles. The molecule has 0 unspecified atom stereocenters. The Morgan fingerprint density at radius 2 is 2.35 bits per heavy atom. The fourth-order valence-corrected chi connectivity index (χ4v) is 1.23. The molecule has 0 atom stereocenters. The lowest BCUT2D eigenvalue weighted by Gasteiger charge is -2.02. The van der Waals surface area contributed by atoms with Gasteiger partial charge in [0, 0.05) is 5.56 Å². The maximum atomic E-state index is 12.9. The number of carbonyl (C=O) groups excluding carboxylic acids is 1. The summed E-state index contributed by atoms with van der Waals surface area (Å²) in [5, 5.41) is 0. The first kappa shape index (κ1) is 13.2. The maximum Gasteiger partial charge on any atom is 0.309 e. The van der Waals surface area contributed by atoms with Gasteiger partial charge < -0.3 is 9.47 Å². The maximum absolute atomic E-state index is 12.9. The van der Waals surface area contributed by atoms with Gasteiger partial charge in [-0.2, -0.15) is 0 Å². The van der Waals surface area contributed by atoms with Crippen LogP contribution in [0.4, 0.5) is 4.39 Å². The Labute approximate surface area is 99.1 Å². The highest BCUT2D eigenvalue weighted by molar-refractivity contribution is 5.72. The number of hydrogen-bond acceptors (Lipinski definition) is 4. The van der Waals surface area contributed by atoms with E-state index in [1.165, 1.54) is 13.2 Å². The van der Waals surface area contributed by atoms with E-state index in [9.17, 15) is 9.18 Å². The van der Waals surface area contributed by atoms with E-state index in [4.69, 9.17) is 9.47 Å². The molecular weight excluding hydrogens is 225 g/mol. The van der Waals surface area contributed by atoms with Crippen LogP contribution >= 0.6 is 0 Å². The predicted octanol–water partition coefficient (Wildman–Crippen LogP) is 2.20. The molecular formula is C12H14FNO3. The first-order chi connectivity index (χ1) is 8.17. The zero-order chi connectivity index (χ0) is 12.7. The summed E-state index contributed by atoms with van der Waals surface area (Å²) in [7, 11) is 1.45. The Hall–Kier alpha value is -1.91. The van der Waals surface area contributed by atoms with Crippen molar-refractivity contribution in [2.24, 2.45) is 0 Å². The molecule has 0 N–H and O–H groups in total. The molecule has 5 heteroatoms. The predicted molar refractivity (Wildman–Crippen MR) is 61.0 cm³/mol. The second-order valence-electron chi connectivity index (χ2n) is 3.16. The molecule has 0 bridgehead atoms. The van der Waals surface area contributed by atoms with E-state index in [2.05, 4.69) is 4.98 Å². The summed E-state index contributed by atoms with van der Waals surface area (Å²) in [6, 6.07) is 1.29. The van der Waals surface area contributed by atoms with Crippen molar-refractivity contribution >= 4 is 12.0 Å². The number of nitrogens with zero attached hydrogens (tertiary/aromatic N) is 1. The number of methoxy groups -OCH3 is 1. The normalized spacial score (nSPS) is 10.5. The van der Waals surface area contributed by atoms with Crippen LogP contribution in [0.3, 0.4) is 0 Å². The summed E-state index contributed by atoms with van der Waals surface area (Å²) in [5.74, 6) is -0.472. The topological polar surface area (TPSA) is 48.4 Å². The molecule has 17 heavy (non-hydrogen) atoms. The lowest BCUT2D eigenvalue weighted by molar-refractivity contribution is -0.142. The zero-order valence-electron chi connectivity index (χ0n) is 9.77. The summed E-state index contributed by atoms with van der Waals surface area (Å²) in [6.45, 7) is 2.08.